The van der Waals surface area contributed by atoms with Gasteiger partial charge in [0.2, 0.25) is 0 Å². The lowest BCUT2D eigenvalue weighted by molar-refractivity contribution is 0.270. The third-order valence-corrected chi connectivity index (χ3v) is 6.24. The number of aryl methyl sites for hydroxylation is 2. The molecule has 0 saturated carbocycles. The Balaban J connectivity index is 1.41. The summed E-state index contributed by atoms with van der Waals surface area (Å²) < 4.78 is 19.8. The van der Waals surface area contributed by atoms with E-state index < -0.39 is 0 Å². The number of nitrogens with zero attached hydrogens (tertiary/aromatic N) is 2. The van der Waals surface area contributed by atoms with E-state index in [0.29, 0.717) is 24.7 Å². The van der Waals surface area contributed by atoms with Gasteiger partial charge in [-0.05, 0) is 80.3 Å². The van der Waals surface area contributed by atoms with Gasteiger partial charge in [-0.15, -0.1) is 0 Å². The molecule has 0 aliphatic heterocycles. The van der Waals surface area contributed by atoms with Crippen molar-refractivity contribution in [1.29, 1.82) is 0 Å². The Morgan fingerprint density at radius 2 is 1.83 bits per heavy atom. The lowest BCUT2D eigenvalue weighted by Gasteiger charge is -2.13. The summed E-state index contributed by atoms with van der Waals surface area (Å²) in [7, 11) is 1.66. The highest BCUT2D eigenvalue weighted by molar-refractivity contribution is 6.31. The van der Waals surface area contributed by atoms with Gasteiger partial charge in [0, 0.05) is 11.6 Å². The summed E-state index contributed by atoms with van der Waals surface area (Å²) >= 11 is 6.10. The Bertz CT molecular complexity index is 1310. The lowest BCUT2D eigenvalue weighted by atomic mass is 10.2. The van der Waals surface area contributed by atoms with Gasteiger partial charge >= 0.3 is 0 Å². The van der Waals surface area contributed by atoms with Crippen LogP contribution in [0.2, 0.25) is 5.02 Å². The average molecular weight is 491 g/mol. The number of benzene rings is 3. The number of para-hydroxylation sites is 2. The van der Waals surface area contributed by atoms with Gasteiger partial charge in [0.1, 0.15) is 18.2 Å². The van der Waals surface area contributed by atoms with Gasteiger partial charge in [-0.2, -0.15) is 0 Å². The van der Waals surface area contributed by atoms with Crippen LogP contribution in [0.25, 0.3) is 17.1 Å². The molecule has 0 unspecified atom stereocenters. The van der Waals surface area contributed by atoms with Crippen LogP contribution in [0.4, 0.5) is 0 Å². The van der Waals surface area contributed by atoms with Gasteiger partial charge in [-0.25, -0.2) is 4.98 Å². The largest absolute Gasteiger partial charge is 0.494 e. The van der Waals surface area contributed by atoms with Crippen molar-refractivity contribution < 1.29 is 14.2 Å². The average Bonchev–Trinajstić information content (AvgIpc) is 3.22. The normalized spacial score (nSPS) is 11.3. The quantitative estimate of drug-likeness (QED) is 0.204. The zero-order valence-electron chi connectivity index (χ0n) is 20.5. The van der Waals surface area contributed by atoms with Crippen LogP contribution in [0.3, 0.4) is 0 Å². The van der Waals surface area contributed by atoms with E-state index in [1.807, 2.05) is 80.6 Å². The van der Waals surface area contributed by atoms with Crippen LogP contribution < -0.4 is 14.2 Å². The summed E-state index contributed by atoms with van der Waals surface area (Å²) in [5, 5.41) is 0.755. The van der Waals surface area contributed by atoms with Crippen molar-refractivity contribution >= 4 is 28.7 Å². The summed E-state index contributed by atoms with van der Waals surface area (Å²) in [5.41, 5.74) is 4.16. The maximum absolute atomic E-state index is 6.16. The predicted octanol–water partition coefficient (Wildman–Crippen LogP) is 7.48. The molecular formula is C29H31ClN2O3. The van der Waals surface area contributed by atoms with E-state index in [9.17, 15) is 0 Å². The van der Waals surface area contributed by atoms with E-state index >= 15 is 0 Å². The van der Waals surface area contributed by atoms with Crippen molar-refractivity contribution in [1.82, 2.24) is 9.55 Å². The zero-order valence-corrected chi connectivity index (χ0v) is 21.2. The molecule has 3 aromatic carbocycles. The van der Waals surface area contributed by atoms with E-state index in [1.165, 1.54) is 0 Å². The molecule has 0 atom stereocenters. The molecule has 0 saturated heterocycles. The van der Waals surface area contributed by atoms with Crippen molar-refractivity contribution in [3.63, 3.8) is 0 Å². The first-order valence-corrected chi connectivity index (χ1v) is 12.2. The molecule has 0 N–H and O–H groups in total. The zero-order chi connectivity index (χ0) is 24.6. The van der Waals surface area contributed by atoms with E-state index in [2.05, 4.69) is 10.6 Å². The van der Waals surface area contributed by atoms with Gasteiger partial charge in [0.05, 0.1) is 24.8 Å². The summed E-state index contributed by atoms with van der Waals surface area (Å²) in [6.07, 6.45) is 5.92. The first-order chi connectivity index (χ1) is 17.1. The van der Waals surface area contributed by atoms with Crippen molar-refractivity contribution in [3.8, 4) is 17.2 Å². The first-order valence-electron chi connectivity index (χ1n) is 11.9. The van der Waals surface area contributed by atoms with Crippen LogP contribution in [-0.4, -0.2) is 23.3 Å². The molecule has 0 aliphatic carbocycles. The summed E-state index contributed by atoms with van der Waals surface area (Å²) in [6, 6.07) is 19.9. The Morgan fingerprint density at radius 1 is 0.971 bits per heavy atom. The van der Waals surface area contributed by atoms with Gasteiger partial charge in [0.25, 0.3) is 0 Å². The molecule has 0 radical (unpaired) electrons. The highest BCUT2D eigenvalue weighted by Gasteiger charge is 2.13. The standard InChI is InChI=1S/C29H31ClN2O3/c1-4-9-22-12-15-27(28(19-22)33-3)35-20-29-31-25-10-5-6-11-26(25)32(29)16-7-8-17-34-23-13-14-24(30)21(2)18-23/h4-6,9-15,18-19H,7-8,16-17,20H2,1-3H3/b9-4-. The van der Waals surface area contributed by atoms with Gasteiger partial charge < -0.3 is 18.8 Å². The predicted molar refractivity (Wildman–Crippen MR) is 143 cm³/mol. The number of allylic oxidation sites excluding steroid dienone is 1. The van der Waals surface area contributed by atoms with E-state index in [4.69, 9.17) is 30.8 Å². The van der Waals surface area contributed by atoms with Crippen LogP contribution in [0.15, 0.2) is 66.7 Å². The minimum Gasteiger partial charge on any atom is -0.494 e. The molecule has 1 aromatic heterocycles. The monoisotopic (exact) mass is 490 g/mol. The summed E-state index contributed by atoms with van der Waals surface area (Å²) in [6.45, 7) is 5.81. The molecule has 5 nitrogen and oxygen atoms in total. The second-order valence-electron chi connectivity index (χ2n) is 8.33. The fourth-order valence-corrected chi connectivity index (χ4v) is 4.11. The SMILES string of the molecule is C/C=C\c1ccc(OCc2nc3ccccc3n2CCCCOc2ccc(Cl)c(C)c2)c(OC)c1. The van der Waals surface area contributed by atoms with E-state index in [1.54, 1.807) is 7.11 Å². The second-order valence-corrected chi connectivity index (χ2v) is 8.74. The minimum atomic E-state index is 0.356. The Kier molecular flexibility index (Phi) is 8.32. The smallest absolute Gasteiger partial charge is 0.161 e. The van der Waals surface area contributed by atoms with Crippen LogP contribution in [-0.2, 0) is 13.2 Å². The van der Waals surface area contributed by atoms with Crippen molar-refractivity contribution in [3.05, 3.63) is 88.7 Å². The van der Waals surface area contributed by atoms with E-state index in [-0.39, 0.29) is 0 Å². The number of halogens is 1. The highest BCUT2D eigenvalue weighted by Crippen LogP contribution is 2.30. The molecule has 0 spiro atoms. The minimum absolute atomic E-state index is 0.356. The van der Waals surface area contributed by atoms with Crippen LogP contribution in [0.5, 0.6) is 17.2 Å². The van der Waals surface area contributed by atoms with Crippen molar-refractivity contribution in [2.75, 3.05) is 13.7 Å². The topological polar surface area (TPSA) is 45.5 Å². The third-order valence-electron chi connectivity index (χ3n) is 5.81. The first kappa shape index (κ1) is 24.7. The highest BCUT2D eigenvalue weighted by atomic mass is 35.5. The number of fused-ring (bicyclic) bond motifs is 1. The maximum atomic E-state index is 6.16. The number of methoxy groups -OCH3 is 1. The maximum Gasteiger partial charge on any atom is 0.161 e. The summed E-state index contributed by atoms with van der Waals surface area (Å²) in [5.74, 6) is 3.15. The number of rotatable bonds is 11. The molecule has 0 amide bonds. The molecule has 0 bridgehead atoms. The molecule has 4 rings (SSSR count). The molecule has 0 fully saturated rings. The number of unbranched alkanes of at least 4 members (excludes halogenated alkanes) is 1. The van der Waals surface area contributed by atoms with E-state index in [0.717, 1.165) is 58.1 Å². The Hall–Kier alpha value is -3.44. The Morgan fingerprint density at radius 3 is 2.63 bits per heavy atom. The fraction of sp³-hybridized carbons (Fsp3) is 0.276. The van der Waals surface area contributed by atoms with Gasteiger partial charge in [-0.1, -0.05) is 42.0 Å². The number of imidazole rings is 1. The lowest BCUT2D eigenvalue weighted by Crippen LogP contribution is -2.09. The molecule has 35 heavy (non-hydrogen) atoms. The molecule has 182 valence electrons. The van der Waals surface area contributed by atoms with Crippen LogP contribution in [0, 0.1) is 6.92 Å². The Labute approximate surface area is 211 Å². The van der Waals surface area contributed by atoms with Crippen molar-refractivity contribution in [2.45, 2.75) is 39.8 Å². The van der Waals surface area contributed by atoms with Gasteiger partial charge in [-0.3, -0.25) is 0 Å². The number of aromatic nitrogens is 2. The van der Waals surface area contributed by atoms with Crippen LogP contribution in [0.1, 0.15) is 36.7 Å². The van der Waals surface area contributed by atoms with Crippen molar-refractivity contribution in [2.24, 2.45) is 0 Å². The van der Waals surface area contributed by atoms with Gasteiger partial charge in [0.15, 0.2) is 11.5 Å². The molecular weight excluding hydrogens is 460 g/mol. The third kappa shape index (κ3) is 6.17. The number of hydrogen-bond acceptors (Lipinski definition) is 4. The molecule has 0 aliphatic rings. The van der Waals surface area contributed by atoms with Crippen LogP contribution >= 0.6 is 11.6 Å². The molecule has 4 aromatic rings. The molecule has 6 heteroatoms. The summed E-state index contributed by atoms with van der Waals surface area (Å²) in [4.78, 5) is 4.84. The number of ether oxygens (including phenoxy) is 3. The number of hydrogen-bond donors (Lipinski definition) is 0. The fourth-order valence-electron chi connectivity index (χ4n) is 4.00. The molecule has 1 heterocycles. The second kappa shape index (κ2) is 11.8.